The molecule has 10 N–H and O–H groups in total. The zero-order chi connectivity index (χ0) is 42.3. The average Bonchev–Trinajstić information content (AvgIpc) is 3.71. The number of cyclic esters (lactones) is 1. The van der Waals surface area contributed by atoms with E-state index in [9.17, 15) is 55.9 Å². The van der Waals surface area contributed by atoms with Crippen molar-refractivity contribution in [3.63, 3.8) is 0 Å². The highest BCUT2D eigenvalue weighted by atomic mass is 16.8. The van der Waals surface area contributed by atoms with Crippen LogP contribution in [0.15, 0.2) is 11.6 Å². The first-order valence-corrected chi connectivity index (χ1v) is 21.4. The predicted molar refractivity (Wildman–Crippen MR) is 198 cm³/mol. The standard InChI is InChI=1S/C41H64O18/c1-17-35(58-38-34(51)32(49)36(26(15-43)57-38)59-37-33(50)31(48)30(47)25(14-42)56-37)23(44)12-28(54-17)55-20-6-8-39(2)19(11-20)4-5-22-21(39)7-9-40(3)29(18-10-27(46)53-16-18)24(45)13-41(22,40)52/h10,17,19-26,28-38,42-45,47-52H,4-9,11-16H2,1-3H3. The lowest BCUT2D eigenvalue weighted by Gasteiger charge is -2.63. The van der Waals surface area contributed by atoms with E-state index in [2.05, 4.69) is 13.8 Å². The van der Waals surface area contributed by atoms with Gasteiger partial charge in [-0.25, -0.2) is 4.79 Å². The SMILES string of the molecule is CC1OC(OC2CCC3(C)C(CCC4C3CCC3(C)C(C5=CC(=O)OC5)C(O)CC43O)C2)CC(O)C1OC1OC(CO)C(OC2OC(CO)C(O)C(O)C2O)C(O)C1O. The molecule has 23 unspecified atom stereocenters. The van der Waals surface area contributed by atoms with E-state index in [0.29, 0.717) is 5.92 Å². The third-order valence-corrected chi connectivity index (χ3v) is 16.1. The van der Waals surface area contributed by atoms with E-state index in [0.717, 1.165) is 50.5 Å². The van der Waals surface area contributed by atoms with Gasteiger partial charge in [0, 0.05) is 30.3 Å². The van der Waals surface area contributed by atoms with E-state index in [1.165, 1.54) is 6.08 Å². The molecule has 7 fully saturated rings. The summed E-state index contributed by atoms with van der Waals surface area (Å²) < 4.78 is 40.7. The summed E-state index contributed by atoms with van der Waals surface area (Å²) in [5.41, 5.74) is -0.882. The van der Waals surface area contributed by atoms with Crippen molar-refractivity contribution < 1.29 is 89.0 Å². The van der Waals surface area contributed by atoms with Crippen molar-refractivity contribution >= 4 is 5.97 Å². The summed E-state index contributed by atoms with van der Waals surface area (Å²) in [4.78, 5) is 12.0. The average molecular weight is 845 g/mol. The number of carbonyl (C=O) groups is 1. The zero-order valence-electron chi connectivity index (χ0n) is 33.8. The fourth-order valence-electron chi connectivity index (χ4n) is 12.9. The van der Waals surface area contributed by atoms with Crippen molar-refractivity contribution in [2.75, 3.05) is 19.8 Å². The molecule has 0 bridgehead atoms. The fourth-order valence-corrected chi connectivity index (χ4v) is 12.9. The molecule has 8 aliphatic rings. The largest absolute Gasteiger partial charge is 0.458 e. The third-order valence-electron chi connectivity index (χ3n) is 16.1. The lowest BCUT2D eigenvalue weighted by atomic mass is 9.43. The van der Waals surface area contributed by atoms with Crippen LogP contribution in [0.2, 0.25) is 0 Å². The van der Waals surface area contributed by atoms with Crippen molar-refractivity contribution in [3.05, 3.63) is 11.6 Å². The van der Waals surface area contributed by atoms with Crippen LogP contribution in [0.5, 0.6) is 0 Å². The van der Waals surface area contributed by atoms with Crippen LogP contribution in [0.3, 0.4) is 0 Å². The van der Waals surface area contributed by atoms with Crippen molar-refractivity contribution in [1.82, 2.24) is 0 Å². The summed E-state index contributed by atoms with van der Waals surface area (Å²) in [6.45, 7) is 4.84. The maximum Gasteiger partial charge on any atom is 0.331 e. The molecule has 0 aromatic carbocycles. The number of rotatable bonds is 9. The molecule has 8 rings (SSSR count). The van der Waals surface area contributed by atoms with Crippen molar-refractivity contribution in [3.8, 4) is 0 Å². The first-order valence-electron chi connectivity index (χ1n) is 21.4. The number of ether oxygens (including phenoxy) is 7. The number of hydrogen-bond donors (Lipinski definition) is 10. The number of carbonyl (C=O) groups excluding carboxylic acids is 1. The number of aliphatic hydroxyl groups is 10. The maximum absolute atomic E-state index is 12.6. The smallest absolute Gasteiger partial charge is 0.331 e. The molecule has 4 heterocycles. The van der Waals surface area contributed by atoms with Crippen molar-refractivity contribution in [1.29, 1.82) is 0 Å². The second-order valence-corrected chi connectivity index (χ2v) is 19.2. The van der Waals surface area contributed by atoms with Crippen LogP contribution in [0, 0.1) is 34.5 Å². The quantitative estimate of drug-likeness (QED) is 0.0897. The second kappa shape index (κ2) is 16.6. The molecule has 23 atom stereocenters. The Labute approximate surface area is 342 Å². The Morgan fingerprint density at radius 3 is 2.07 bits per heavy atom. The van der Waals surface area contributed by atoms with E-state index < -0.39 is 122 Å². The zero-order valence-corrected chi connectivity index (χ0v) is 33.8. The lowest BCUT2D eigenvalue weighted by molar-refractivity contribution is -0.373. The molecule has 4 aliphatic heterocycles. The Morgan fingerprint density at radius 1 is 0.729 bits per heavy atom. The molecule has 59 heavy (non-hydrogen) atoms. The van der Waals surface area contributed by atoms with E-state index in [1.807, 2.05) is 0 Å². The van der Waals surface area contributed by atoms with Crippen LogP contribution in [-0.2, 0) is 38.0 Å². The highest BCUT2D eigenvalue weighted by Crippen LogP contribution is 2.70. The van der Waals surface area contributed by atoms with Gasteiger partial charge in [0.15, 0.2) is 18.9 Å². The normalized spacial score (nSPS) is 55.1. The number of fused-ring (bicyclic) bond motifs is 5. The van der Waals surface area contributed by atoms with Crippen LogP contribution in [-0.4, -0.2) is 181 Å². The number of aliphatic hydroxyl groups excluding tert-OH is 9. The summed E-state index contributed by atoms with van der Waals surface area (Å²) in [5.74, 6) is -0.0857. The van der Waals surface area contributed by atoms with Gasteiger partial charge in [-0.15, -0.1) is 0 Å². The molecular formula is C41H64O18. The van der Waals surface area contributed by atoms with E-state index in [-0.39, 0.29) is 48.7 Å². The van der Waals surface area contributed by atoms with Gasteiger partial charge in [0.25, 0.3) is 0 Å². The van der Waals surface area contributed by atoms with Gasteiger partial charge >= 0.3 is 5.97 Å². The topological polar surface area (TPSA) is 284 Å². The monoisotopic (exact) mass is 844 g/mol. The molecule has 4 aliphatic carbocycles. The Hall–Kier alpha value is -1.43. The van der Waals surface area contributed by atoms with Gasteiger partial charge in [-0.05, 0) is 80.6 Å². The number of esters is 1. The van der Waals surface area contributed by atoms with Gasteiger partial charge in [-0.2, -0.15) is 0 Å². The lowest BCUT2D eigenvalue weighted by Crippen LogP contribution is -2.65. The van der Waals surface area contributed by atoms with Crippen molar-refractivity contribution in [2.45, 2.75) is 182 Å². The van der Waals surface area contributed by atoms with Gasteiger partial charge in [-0.3, -0.25) is 0 Å². The molecule has 18 nitrogen and oxygen atoms in total. The molecule has 0 aromatic heterocycles. The highest BCUT2D eigenvalue weighted by molar-refractivity contribution is 5.85. The Kier molecular flexibility index (Phi) is 12.4. The van der Waals surface area contributed by atoms with Gasteiger partial charge < -0.3 is 84.2 Å². The van der Waals surface area contributed by atoms with Crippen LogP contribution in [0.25, 0.3) is 0 Å². The summed E-state index contributed by atoms with van der Waals surface area (Å²) in [6, 6.07) is 0. The molecule has 18 heteroatoms. The van der Waals surface area contributed by atoms with Crippen LogP contribution >= 0.6 is 0 Å². The number of hydrogen-bond acceptors (Lipinski definition) is 18. The molecule has 0 radical (unpaired) electrons. The molecule has 0 spiro atoms. The summed E-state index contributed by atoms with van der Waals surface area (Å²) in [6.07, 6.45) is -12.9. The van der Waals surface area contributed by atoms with Gasteiger partial charge in [0.05, 0.1) is 43.2 Å². The van der Waals surface area contributed by atoms with Crippen LogP contribution in [0.1, 0.15) is 78.6 Å². The Bertz CT molecular complexity index is 1530. The van der Waals surface area contributed by atoms with Gasteiger partial charge in [0.1, 0.15) is 61.5 Å². The van der Waals surface area contributed by atoms with E-state index in [1.54, 1.807) is 6.92 Å². The molecule has 0 aromatic rings. The molecule has 336 valence electrons. The molecule has 3 saturated heterocycles. The molecular weight excluding hydrogens is 780 g/mol. The highest BCUT2D eigenvalue weighted by Gasteiger charge is 2.70. The van der Waals surface area contributed by atoms with E-state index in [4.69, 9.17) is 33.2 Å². The minimum absolute atomic E-state index is 0.0224. The third kappa shape index (κ3) is 7.43. The van der Waals surface area contributed by atoms with E-state index >= 15 is 0 Å². The summed E-state index contributed by atoms with van der Waals surface area (Å²) in [7, 11) is 0. The predicted octanol–water partition coefficient (Wildman–Crippen LogP) is -1.90. The second-order valence-electron chi connectivity index (χ2n) is 19.2. The minimum Gasteiger partial charge on any atom is -0.458 e. The molecule has 4 saturated carbocycles. The summed E-state index contributed by atoms with van der Waals surface area (Å²) in [5, 5.41) is 108. The van der Waals surface area contributed by atoms with Crippen LogP contribution in [0.4, 0.5) is 0 Å². The van der Waals surface area contributed by atoms with Gasteiger partial charge in [-0.1, -0.05) is 13.8 Å². The van der Waals surface area contributed by atoms with Crippen molar-refractivity contribution in [2.24, 2.45) is 34.5 Å². The molecule has 0 amide bonds. The first-order chi connectivity index (χ1) is 27.9. The minimum atomic E-state index is -1.80. The van der Waals surface area contributed by atoms with Crippen LogP contribution < -0.4 is 0 Å². The first kappa shape index (κ1) is 44.2. The van der Waals surface area contributed by atoms with Gasteiger partial charge in [0.2, 0.25) is 0 Å². The Balaban J connectivity index is 0.853. The Morgan fingerprint density at radius 2 is 1.41 bits per heavy atom. The summed E-state index contributed by atoms with van der Waals surface area (Å²) >= 11 is 0. The fraction of sp³-hybridized carbons (Fsp3) is 0.927. The maximum atomic E-state index is 12.6.